The molecule has 45 heavy (non-hydrogen) atoms. The van der Waals surface area contributed by atoms with Gasteiger partial charge in [-0.2, -0.15) is 0 Å². The van der Waals surface area contributed by atoms with Crippen LogP contribution in [0.25, 0.3) is 17.4 Å². The van der Waals surface area contributed by atoms with Gasteiger partial charge in [-0.05, 0) is 67.6 Å². The van der Waals surface area contributed by atoms with E-state index in [0.717, 1.165) is 15.5 Å². The normalized spacial score (nSPS) is 11.1. The molecular formula is C33H29N5O5S2. The molecule has 0 unspecified atom stereocenters. The van der Waals surface area contributed by atoms with E-state index in [4.69, 9.17) is 9.15 Å². The topological polar surface area (TPSA) is 135 Å². The number of anilines is 2. The van der Waals surface area contributed by atoms with Gasteiger partial charge in [0.2, 0.25) is 11.0 Å². The first-order valence-corrected chi connectivity index (χ1v) is 15.6. The van der Waals surface area contributed by atoms with Gasteiger partial charge in [-0.3, -0.25) is 14.4 Å². The van der Waals surface area contributed by atoms with Crippen molar-refractivity contribution in [1.29, 1.82) is 0 Å². The van der Waals surface area contributed by atoms with Crippen LogP contribution in [0.15, 0.2) is 106 Å². The second-order valence-electron chi connectivity index (χ2n) is 9.53. The fourth-order valence-electron chi connectivity index (χ4n) is 4.13. The number of thioether (sulfide) groups is 1. The van der Waals surface area contributed by atoms with E-state index in [2.05, 4.69) is 26.1 Å². The minimum Gasteiger partial charge on any atom is -0.496 e. The zero-order valence-electron chi connectivity index (χ0n) is 24.4. The highest BCUT2D eigenvalue weighted by Gasteiger charge is 2.17. The first-order valence-electron chi connectivity index (χ1n) is 13.8. The predicted octanol–water partition coefficient (Wildman–Crippen LogP) is 6.65. The van der Waals surface area contributed by atoms with Crippen LogP contribution in [0.5, 0.6) is 5.75 Å². The summed E-state index contributed by atoms with van der Waals surface area (Å²) in [4.78, 5) is 39.5. The van der Waals surface area contributed by atoms with Crippen molar-refractivity contribution in [2.24, 2.45) is 0 Å². The Kier molecular flexibility index (Phi) is 10.4. The van der Waals surface area contributed by atoms with Crippen LogP contribution < -0.4 is 20.7 Å². The van der Waals surface area contributed by atoms with Crippen LogP contribution in [-0.2, 0) is 9.59 Å². The van der Waals surface area contributed by atoms with Crippen LogP contribution in [0, 0.1) is 6.92 Å². The van der Waals surface area contributed by atoms with Gasteiger partial charge < -0.3 is 25.1 Å². The van der Waals surface area contributed by atoms with E-state index in [-0.39, 0.29) is 11.6 Å². The van der Waals surface area contributed by atoms with Crippen molar-refractivity contribution in [3.8, 4) is 17.1 Å². The summed E-state index contributed by atoms with van der Waals surface area (Å²) < 4.78 is 11.4. The average molecular weight is 640 g/mol. The van der Waals surface area contributed by atoms with Gasteiger partial charge in [0.1, 0.15) is 28.0 Å². The largest absolute Gasteiger partial charge is 0.496 e. The second-order valence-corrected chi connectivity index (χ2v) is 11.9. The number of methoxy groups -OCH3 is 1. The number of furan rings is 1. The molecule has 5 rings (SSSR count). The lowest BCUT2D eigenvalue weighted by Gasteiger charge is -2.11. The quantitative estimate of drug-likeness (QED) is 0.102. The summed E-state index contributed by atoms with van der Waals surface area (Å²) in [6.45, 7) is 1.83. The number of aromatic nitrogens is 2. The molecule has 0 bridgehead atoms. The third-order valence-corrected chi connectivity index (χ3v) is 8.06. The summed E-state index contributed by atoms with van der Waals surface area (Å²) >= 11 is 2.84. The molecule has 0 aliphatic rings. The van der Waals surface area contributed by atoms with Crippen LogP contribution >= 0.6 is 23.1 Å². The average Bonchev–Trinajstić information content (AvgIpc) is 3.70. The van der Waals surface area contributed by atoms with Gasteiger partial charge in [0.05, 0.1) is 12.7 Å². The lowest BCUT2D eigenvalue weighted by Crippen LogP contribution is -2.30. The van der Waals surface area contributed by atoms with E-state index in [1.165, 1.54) is 29.2 Å². The number of amides is 3. The van der Waals surface area contributed by atoms with Gasteiger partial charge in [-0.25, -0.2) is 0 Å². The smallest absolute Gasteiger partial charge is 0.272 e. The molecule has 3 N–H and O–H groups in total. The van der Waals surface area contributed by atoms with E-state index >= 15 is 0 Å². The van der Waals surface area contributed by atoms with Crippen LogP contribution in [0.3, 0.4) is 0 Å². The van der Waals surface area contributed by atoms with Crippen LogP contribution in [0.1, 0.15) is 27.5 Å². The number of nitrogens with one attached hydrogen (secondary N) is 3. The van der Waals surface area contributed by atoms with Gasteiger partial charge in [-0.1, -0.05) is 41.7 Å². The molecule has 0 saturated heterocycles. The number of ether oxygens (including phenoxy) is 1. The van der Waals surface area contributed by atoms with Crippen LogP contribution in [0.2, 0.25) is 0 Å². The fraction of sp³-hybridized carbons (Fsp3) is 0.121. The van der Waals surface area contributed by atoms with Crippen molar-refractivity contribution < 1.29 is 23.5 Å². The number of benzene rings is 3. The fourth-order valence-corrected chi connectivity index (χ4v) is 5.59. The SMILES string of the molecule is COc1ccccc1-c1ccc(C=C(NC(=O)c2ccccc2)C(=O)Nc2ccc(SCCC(=O)Nc3nnc(C)s3)cc2)o1. The molecule has 2 aromatic heterocycles. The number of rotatable bonds is 12. The Labute approximate surface area is 267 Å². The molecule has 3 aromatic carbocycles. The number of hydrogen-bond acceptors (Lipinski definition) is 9. The molecule has 2 heterocycles. The standard InChI is InChI=1S/C33H29N5O5S2/c1-21-37-38-33(45-21)36-30(39)18-19-44-25-15-12-23(13-16-25)34-32(41)27(35-31(40)22-8-4-3-5-9-22)20-24-14-17-29(43-24)26-10-6-7-11-28(26)42-2/h3-17,20H,18-19H2,1-2H3,(H,34,41)(H,35,40)(H,36,38,39). The number of carbonyl (C=O) groups is 3. The van der Waals surface area contributed by atoms with E-state index in [9.17, 15) is 14.4 Å². The van der Waals surface area contributed by atoms with E-state index in [1.807, 2.05) is 43.3 Å². The summed E-state index contributed by atoms with van der Waals surface area (Å²) in [5.41, 5.74) is 1.69. The maximum atomic E-state index is 13.4. The zero-order valence-corrected chi connectivity index (χ0v) is 26.0. The Morgan fingerprint density at radius 2 is 1.67 bits per heavy atom. The number of carbonyl (C=O) groups excluding carboxylic acids is 3. The molecule has 0 atom stereocenters. The van der Waals surface area contributed by atoms with Crippen molar-refractivity contribution in [3.63, 3.8) is 0 Å². The molecule has 10 nitrogen and oxygen atoms in total. The molecule has 0 radical (unpaired) electrons. The number of para-hydroxylation sites is 1. The number of hydrogen-bond donors (Lipinski definition) is 3. The molecule has 3 amide bonds. The van der Waals surface area contributed by atoms with Crippen LogP contribution in [-0.4, -0.2) is 40.8 Å². The molecule has 12 heteroatoms. The van der Waals surface area contributed by atoms with Crippen molar-refractivity contribution in [2.45, 2.75) is 18.2 Å². The minimum atomic E-state index is -0.529. The maximum Gasteiger partial charge on any atom is 0.272 e. The van der Waals surface area contributed by atoms with Gasteiger partial charge in [-0.15, -0.1) is 22.0 Å². The lowest BCUT2D eigenvalue weighted by atomic mass is 10.1. The molecule has 0 aliphatic heterocycles. The summed E-state index contributed by atoms with van der Waals surface area (Å²) in [6.07, 6.45) is 1.79. The Hall–Kier alpha value is -5.20. The molecule has 228 valence electrons. The molecule has 5 aromatic rings. The van der Waals surface area contributed by atoms with Crippen molar-refractivity contribution in [3.05, 3.63) is 113 Å². The molecule has 0 spiro atoms. The highest BCUT2D eigenvalue weighted by Crippen LogP contribution is 2.31. The number of aryl methyl sites for hydroxylation is 1. The highest BCUT2D eigenvalue weighted by atomic mass is 32.2. The van der Waals surface area contributed by atoms with Gasteiger partial charge >= 0.3 is 0 Å². The Bertz CT molecular complexity index is 1820. The summed E-state index contributed by atoms with van der Waals surface area (Å²) in [7, 11) is 1.58. The van der Waals surface area contributed by atoms with E-state index < -0.39 is 11.8 Å². The van der Waals surface area contributed by atoms with Gasteiger partial charge in [0.25, 0.3) is 11.8 Å². The van der Waals surface area contributed by atoms with Crippen molar-refractivity contribution in [2.75, 3.05) is 23.5 Å². The third-order valence-electron chi connectivity index (χ3n) is 6.30. The molecular weight excluding hydrogens is 611 g/mol. The summed E-state index contributed by atoms with van der Waals surface area (Å²) in [6, 6.07) is 26.8. The van der Waals surface area contributed by atoms with E-state index in [0.29, 0.717) is 45.8 Å². The Balaban J connectivity index is 1.25. The second kappa shape index (κ2) is 15.0. The summed E-state index contributed by atoms with van der Waals surface area (Å²) in [5, 5.41) is 17.4. The molecule has 0 saturated carbocycles. The van der Waals surface area contributed by atoms with Crippen molar-refractivity contribution in [1.82, 2.24) is 15.5 Å². The van der Waals surface area contributed by atoms with Gasteiger partial charge in [0, 0.05) is 34.4 Å². The lowest BCUT2D eigenvalue weighted by molar-refractivity contribution is -0.116. The minimum absolute atomic E-state index is 0.000122. The highest BCUT2D eigenvalue weighted by molar-refractivity contribution is 7.99. The van der Waals surface area contributed by atoms with Crippen molar-refractivity contribution >= 4 is 57.7 Å². The van der Waals surface area contributed by atoms with Gasteiger partial charge in [0.15, 0.2) is 0 Å². The predicted molar refractivity (Wildman–Crippen MR) is 176 cm³/mol. The zero-order chi connectivity index (χ0) is 31.6. The van der Waals surface area contributed by atoms with Crippen LogP contribution in [0.4, 0.5) is 10.8 Å². The summed E-state index contributed by atoms with van der Waals surface area (Å²) in [5.74, 6) is 1.02. The molecule has 0 fully saturated rings. The number of nitrogens with zero attached hydrogens (tertiary/aromatic N) is 2. The first kappa shape index (κ1) is 31.2. The first-order chi connectivity index (χ1) is 21.9. The molecule has 0 aliphatic carbocycles. The van der Waals surface area contributed by atoms with E-state index in [1.54, 1.807) is 61.7 Å². The Morgan fingerprint density at radius 3 is 2.40 bits per heavy atom. The Morgan fingerprint density at radius 1 is 0.911 bits per heavy atom. The third kappa shape index (κ3) is 8.68. The monoisotopic (exact) mass is 639 g/mol. The maximum absolute atomic E-state index is 13.4.